The number of rotatable bonds is 4. The zero-order valence-corrected chi connectivity index (χ0v) is 11.1. The maximum Gasteiger partial charge on any atom is 0.0366 e. The largest absolute Gasteiger partial charge is 0.372 e. The summed E-state index contributed by atoms with van der Waals surface area (Å²) in [4.78, 5) is 2.39. The van der Waals surface area contributed by atoms with Crippen LogP contribution in [0.1, 0.15) is 44.7 Å². The number of piperidine rings is 1. The second-order valence-electron chi connectivity index (χ2n) is 4.77. The van der Waals surface area contributed by atoms with Gasteiger partial charge < -0.3 is 10.2 Å². The van der Waals surface area contributed by atoms with Gasteiger partial charge in [0, 0.05) is 24.8 Å². The van der Waals surface area contributed by atoms with E-state index in [9.17, 15) is 0 Å². The van der Waals surface area contributed by atoms with Gasteiger partial charge in [0.1, 0.15) is 0 Å². The molecule has 1 aliphatic rings. The molecule has 1 N–H and O–H groups in total. The summed E-state index contributed by atoms with van der Waals surface area (Å²) in [5, 5.41) is 3.60. The predicted octanol–water partition coefficient (Wildman–Crippen LogP) is 3.35. The molecule has 0 spiro atoms. The van der Waals surface area contributed by atoms with Crippen molar-refractivity contribution in [3.63, 3.8) is 0 Å². The molecular weight excluding hydrogens is 208 g/mol. The van der Waals surface area contributed by atoms with Gasteiger partial charge in [0.05, 0.1) is 0 Å². The van der Waals surface area contributed by atoms with E-state index in [1.165, 1.54) is 37.1 Å². The third-order valence-electron chi connectivity index (χ3n) is 3.73. The van der Waals surface area contributed by atoms with Crippen molar-refractivity contribution < 1.29 is 0 Å². The zero-order valence-electron chi connectivity index (χ0n) is 11.1. The molecule has 1 aromatic carbocycles. The lowest BCUT2D eigenvalue weighted by Crippen LogP contribution is -2.27. The molecule has 17 heavy (non-hydrogen) atoms. The fourth-order valence-electron chi connectivity index (χ4n) is 2.64. The van der Waals surface area contributed by atoms with Gasteiger partial charge in [-0.15, -0.1) is 0 Å². The van der Waals surface area contributed by atoms with Gasteiger partial charge in [-0.05, 0) is 50.9 Å². The third kappa shape index (κ3) is 3.01. The average molecular weight is 232 g/mol. The molecular formula is C15H24N2. The average Bonchev–Trinajstić information content (AvgIpc) is 2.42. The Morgan fingerprint density at radius 2 is 1.82 bits per heavy atom. The van der Waals surface area contributed by atoms with Crippen LogP contribution in [-0.2, 0) is 0 Å². The smallest absolute Gasteiger partial charge is 0.0366 e. The first kappa shape index (κ1) is 12.4. The van der Waals surface area contributed by atoms with E-state index in [0.29, 0.717) is 6.04 Å². The summed E-state index contributed by atoms with van der Waals surface area (Å²) in [7, 11) is 0. The summed E-state index contributed by atoms with van der Waals surface area (Å²) in [6, 6.07) is 9.68. The summed E-state index contributed by atoms with van der Waals surface area (Å²) in [5.41, 5.74) is 2.79. The molecule has 1 fully saturated rings. The van der Waals surface area contributed by atoms with Gasteiger partial charge in [-0.2, -0.15) is 0 Å². The lowest BCUT2D eigenvalue weighted by atomic mass is 9.97. The molecule has 0 radical (unpaired) electrons. The minimum atomic E-state index is 0.578. The summed E-state index contributed by atoms with van der Waals surface area (Å²) < 4.78 is 0. The van der Waals surface area contributed by atoms with Crippen LogP contribution in [-0.4, -0.2) is 19.6 Å². The topological polar surface area (TPSA) is 15.3 Å². The van der Waals surface area contributed by atoms with E-state index in [1.54, 1.807) is 0 Å². The highest BCUT2D eigenvalue weighted by Gasteiger charge is 2.14. The van der Waals surface area contributed by atoms with Crippen molar-refractivity contribution >= 4 is 5.69 Å². The van der Waals surface area contributed by atoms with Gasteiger partial charge in [-0.3, -0.25) is 0 Å². The first-order valence-corrected chi connectivity index (χ1v) is 6.93. The van der Waals surface area contributed by atoms with Crippen molar-refractivity contribution in [1.82, 2.24) is 5.32 Å². The normalized spacial score (nSPS) is 20.2. The van der Waals surface area contributed by atoms with Crippen LogP contribution in [0.25, 0.3) is 0 Å². The van der Waals surface area contributed by atoms with Crippen LogP contribution in [0.4, 0.5) is 5.69 Å². The summed E-state index contributed by atoms with van der Waals surface area (Å²) in [6.07, 6.45) is 3.97. The zero-order chi connectivity index (χ0) is 12.1. The van der Waals surface area contributed by atoms with Crippen molar-refractivity contribution in [1.29, 1.82) is 0 Å². The van der Waals surface area contributed by atoms with Crippen LogP contribution in [0, 0.1) is 0 Å². The number of nitrogens with zero attached hydrogens (tertiary/aromatic N) is 1. The van der Waals surface area contributed by atoms with E-state index in [4.69, 9.17) is 0 Å². The molecule has 2 heteroatoms. The quantitative estimate of drug-likeness (QED) is 0.856. The van der Waals surface area contributed by atoms with Crippen LogP contribution in [0.2, 0.25) is 0 Å². The Labute approximate surface area is 105 Å². The first-order chi connectivity index (χ1) is 8.35. The Morgan fingerprint density at radius 1 is 1.12 bits per heavy atom. The molecule has 1 atom stereocenters. The molecule has 1 aliphatic heterocycles. The molecule has 94 valence electrons. The number of benzene rings is 1. The van der Waals surface area contributed by atoms with Gasteiger partial charge in [0.15, 0.2) is 0 Å². The monoisotopic (exact) mass is 232 g/mol. The molecule has 0 saturated carbocycles. The minimum absolute atomic E-state index is 0.578. The Kier molecular flexibility index (Phi) is 4.43. The molecule has 1 aromatic rings. The Hall–Kier alpha value is -1.02. The summed E-state index contributed by atoms with van der Waals surface area (Å²) in [5.74, 6) is 0. The van der Waals surface area contributed by atoms with E-state index in [2.05, 4.69) is 48.3 Å². The standard InChI is InChI=1S/C15H24N2/c1-3-17(4-2)14-10-8-13(9-11-14)15-7-5-6-12-16-15/h8-11,15-16H,3-7,12H2,1-2H3/t15-/m0/s1. The Morgan fingerprint density at radius 3 is 2.35 bits per heavy atom. The molecule has 0 bridgehead atoms. The SMILES string of the molecule is CCN(CC)c1ccc([C@@H]2CCCCN2)cc1. The van der Waals surface area contributed by atoms with Crippen molar-refractivity contribution in [3.05, 3.63) is 29.8 Å². The second-order valence-corrected chi connectivity index (χ2v) is 4.77. The fraction of sp³-hybridized carbons (Fsp3) is 0.600. The highest BCUT2D eigenvalue weighted by molar-refractivity contribution is 5.47. The third-order valence-corrected chi connectivity index (χ3v) is 3.73. The van der Waals surface area contributed by atoms with E-state index in [1.807, 2.05) is 0 Å². The van der Waals surface area contributed by atoms with Crippen molar-refractivity contribution in [2.24, 2.45) is 0 Å². The lowest BCUT2D eigenvalue weighted by molar-refractivity contribution is 0.412. The maximum absolute atomic E-state index is 3.60. The van der Waals surface area contributed by atoms with Gasteiger partial charge in [-0.25, -0.2) is 0 Å². The lowest BCUT2D eigenvalue weighted by Gasteiger charge is -2.25. The highest BCUT2D eigenvalue weighted by atomic mass is 15.1. The van der Waals surface area contributed by atoms with Crippen LogP contribution >= 0.6 is 0 Å². The van der Waals surface area contributed by atoms with E-state index in [-0.39, 0.29) is 0 Å². The molecule has 1 heterocycles. The summed E-state index contributed by atoms with van der Waals surface area (Å²) in [6.45, 7) is 7.75. The molecule has 2 rings (SSSR count). The van der Waals surface area contributed by atoms with Gasteiger partial charge in [0.2, 0.25) is 0 Å². The van der Waals surface area contributed by atoms with Crippen molar-refractivity contribution in [2.75, 3.05) is 24.5 Å². The van der Waals surface area contributed by atoms with E-state index >= 15 is 0 Å². The second kappa shape index (κ2) is 6.06. The highest BCUT2D eigenvalue weighted by Crippen LogP contribution is 2.25. The minimum Gasteiger partial charge on any atom is -0.372 e. The molecule has 2 nitrogen and oxygen atoms in total. The Balaban J connectivity index is 2.06. The van der Waals surface area contributed by atoms with Crippen molar-refractivity contribution in [2.45, 2.75) is 39.2 Å². The summed E-state index contributed by atoms with van der Waals surface area (Å²) >= 11 is 0. The van der Waals surface area contributed by atoms with Gasteiger partial charge in [-0.1, -0.05) is 18.6 Å². The van der Waals surface area contributed by atoms with Crippen molar-refractivity contribution in [3.8, 4) is 0 Å². The molecule has 0 amide bonds. The van der Waals surface area contributed by atoms with Crippen LogP contribution in [0.3, 0.4) is 0 Å². The van der Waals surface area contributed by atoms with Crippen LogP contribution in [0.5, 0.6) is 0 Å². The van der Waals surface area contributed by atoms with Gasteiger partial charge in [0.25, 0.3) is 0 Å². The van der Waals surface area contributed by atoms with E-state index < -0.39 is 0 Å². The molecule has 0 aromatic heterocycles. The predicted molar refractivity (Wildman–Crippen MR) is 74.6 cm³/mol. The van der Waals surface area contributed by atoms with Crippen LogP contribution < -0.4 is 10.2 Å². The van der Waals surface area contributed by atoms with Crippen LogP contribution in [0.15, 0.2) is 24.3 Å². The van der Waals surface area contributed by atoms with Gasteiger partial charge >= 0.3 is 0 Å². The number of hydrogen-bond donors (Lipinski definition) is 1. The molecule has 0 unspecified atom stereocenters. The number of anilines is 1. The maximum atomic E-state index is 3.60. The molecule has 1 saturated heterocycles. The molecule has 0 aliphatic carbocycles. The number of nitrogens with one attached hydrogen (secondary N) is 1. The van der Waals surface area contributed by atoms with E-state index in [0.717, 1.165) is 13.1 Å². The number of hydrogen-bond acceptors (Lipinski definition) is 2. The first-order valence-electron chi connectivity index (χ1n) is 6.93. The fourth-order valence-corrected chi connectivity index (χ4v) is 2.64. The Bertz CT molecular complexity index is 321.